The van der Waals surface area contributed by atoms with Gasteiger partial charge in [-0.15, -0.1) is 11.3 Å². The third kappa shape index (κ3) is 2.66. The van der Waals surface area contributed by atoms with Crippen LogP contribution in [0.1, 0.15) is 6.92 Å². The molecule has 2 heterocycles. The van der Waals surface area contributed by atoms with Crippen molar-refractivity contribution in [3.63, 3.8) is 0 Å². The van der Waals surface area contributed by atoms with Gasteiger partial charge in [-0.05, 0) is 6.92 Å². The van der Waals surface area contributed by atoms with Gasteiger partial charge in [0.15, 0.2) is 15.8 Å². The van der Waals surface area contributed by atoms with Crippen LogP contribution >= 0.6 is 11.3 Å². The van der Waals surface area contributed by atoms with E-state index >= 15 is 0 Å². The van der Waals surface area contributed by atoms with Gasteiger partial charge in [-0.2, -0.15) is 4.31 Å². The van der Waals surface area contributed by atoms with Crippen LogP contribution < -0.4 is 5.32 Å². The Morgan fingerprint density at radius 1 is 1.55 bits per heavy atom. The summed E-state index contributed by atoms with van der Waals surface area (Å²) in [5.74, 6) is 0.392. The molecule has 0 amide bonds. The Labute approximate surface area is 122 Å². The van der Waals surface area contributed by atoms with Gasteiger partial charge in [0.05, 0.1) is 6.61 Å². The van der Waals surface area contributed by atoms with Gasteiger partial charge in [-0.25, -0.2) is 13.4 Å². The molecule has 0 fully saturated rings. The molecule has 0 bridgehead atoms. The second kappa shape index (κ2) is 6.08. The Bertz CT molecular complexity index is 677. The summed E-state index contributed by atoms with van der Waals surface area (Å²) in [7, 11) is -0.540. The molecule has 1 N–H and O–H groups in total. The normalized spacial score (nSPS) is 12.4. The van der Waals surface area contributed by atoms with E-state index in [2.05, 4.69) is 10.3 Å². The summed E-state index contributed by atoms with van der Waals surface area (Å²) in [5.41, 5.74) is 0. The van der Waals surface area contributed by atoms with E-state index in [1.165, 1.54) is 22.7 Å². The highest BCUT2D eigenvalue weighted by Crippen LogP contribution is 2.27. The fourth-order valence-electron chi connectivity index (χ4n) is 1.78. The largest absolute Gasteiger partial charge is 0.383 e. The lowest BCUT2D eigenvalue weighted by atomic mass is 10.6. The SMILES string of the molecule is CCNc1nc2sccn2c1S(=O)(=O)N(C)CCOC. The predicted molar refractivity (Wildman–Crippen MR) is 78.9 cm³/mol. The van der Waals surface area contributed by atoms with Crippen LogP contribution in [0.3, 0.4) is 0 Å². The number of aromatic nitrogens is 2. The zero-order valence-electron chi connectivity index (χ0n) is 11.7. The smallest absolute Gasteiger partial charge is 0.262 e. The molecule has 0 unspecified atom stereocenters. The van der Waals surface area contributed by atoms with E-state index in [1.807, 2.05) is 12.3 Å². The lowest BCUT2D eigenvalue weighted by Crippen LogP contribution is -2.31. The summed E-state index contributed by atoms with van der Waals surface area (Å²) in [6, 6.07) is 0. The number of rotatable bonds is 7. The number of hydrogen-bond donors (Lipinski definition) is 1. The van der Waals surface area contributed by atoms with Crippen molar-refractivity contribution in [2.24, 2.45) is 0 Å². The van der Waals surface area contributed by atoms with E-state index in [9.17, 15) is 8.42 Å². The molecular weight excluding hydrogens is 300 g/mol. The van der Waals surface area contributed by atoms with Crippen LogP contribution in [-0.4, -0.2) is 56.0 Å². The number of nitrogens with one attached hydrogen (secondary N) is 1. The molecule has 20 heavy (non-hydrogen) atoms. The fraction of sp³-hybridized carbons (Fsp3) is 0.545. The summed E-state index contributed by atoms with van der Waals surface area (Å²) in [5, 5.41) is 4.99. The molecule has 0 spiro atoms. The minimum atomic E-state index is -3.62. The summed E-state index contributed by atoms with van der Waals surface area (Å²) in [6.07, 6.45) is 1.71. The number of fused-ring (bicyclic) bond motifs is 1. The van der Waals surface area contributed by atoms with Gasteiger partial charge in [0.2, 0.25) is 0 Å². The van der Waals surface area contributed by atoms with Crippen LogP contribution in [0.15, 0.2) is 16.6 Å². The molecule has 0 aliphatic heterocycles. The maximum Gasteiger partial charge on any atom is 0.262 e. The molecule has 9 heteroatoms. The Morgan fingerprint density at radius 2 is 2.30 bits per heavy atom. The van der Waals surface area contributed by atoms with Gasteiger partial charge in [0.1, 0.15) is 0 Å². The molecule has 2 aromatic heterocycles. The molecule has 0 saturated carbocycles. The highest BCUT2D eigenvalue weighted by molar-refractivity contribution is 7.89. The Kier molecular flexibility index (Phi) is 4.63. The van der Waals surface area contributed by atoms with Crippen molar-refractivity contribution >= 4 is 32.1 Å². The van der Waals surface area contributed by atoms with Crippen molar-refractivity contribution in [2.45, 2.75) is 11.9 Å². The zero-order valence-corrected chi connectivity index (χ0v) is 13.3. The minimum Gasteiger partial charge on any atom is -0.383 e. The second-order valence-electron chi connectivity index (χ2n) is 4.17. The highest BCUT2D eigenvalue weighted by atomic mass is 32.2. The van der Waals surface area contributed by atoms with Crippen LogP contribution in [-0.2, 0) is 14.8 Å². The average Bonchev–Trinajstić information content (AvgIpc) is 2.95. The van der Waals surface area contributed by atoms with Gasteiger partial charge in [0.25, 0.3) is 10.0 Å². The van der Waals surface area contributed by atoms with Gasteiger partial charge in [-0.1, -0.05) is 0 Å². The topological polar surface area (TPSA) is 75.9 Å². The van der Waals surface area contributed by atoms with E-state index in [1.54, 1.807) is 17.7 Å². The fourth-order valence-corrected chi connectivity index (χ4v) is 3.92. The lowest BCUT2D eigenvalue weighted by molar-refractivity contribution is 0.185. The highest BCUT2D eigenvalue weighted by Gasteiger charge is 2.29. The first kappa shape index (κ1) is 15.2. The Morgan fingerprint density at radius 3 is 2.95 bits per heavy atom. The number of methoxy groups -OCH3 is 1. The standard InChI is InChI=1S/C11H18N4O3S2/c1-4-12-9-10(15-6-8-19-11(15)13-9)20(16,17)14(2)5-7-18-3/h6,8,12H,4-5,7H2,1-3H3. The van der Waals surface area contributed by atoms with Crippen molar-refractivity contribution in [2.75, 3.05) is 39.2 Å². The molecule has 0 saturated heterocycles. The molecule has 7 nitrogen and oxygen atoms in total. The minimum absolute atomic E-state index is 0.175. The molecule has 0 radical (unpaired) electrons. The monoisotopic (exact) mass is 318 g/mol. The van der Waals surface area contributed by atoms with Crippen molar-refractivity contribution in [1.29, 1.82) is 0 Å². The summed E-state index contributed by atoms with van der Waals surface area (Å²) in [6.45, 7) is 3.15. The first-order valence-corrected chi connectivity index (χ1v) is 8.49. The average molecular weight is 318 g/mol. The number of hydrogen-bond acceptors (Lipinski definition) is 6. The van der Waals surface area contributed by atoms with E-state index in [4.69, 9.17) is 4.74 Å². The maximum atomic E-state index is 12.7. The number of ether oxygens (including phenoxy) is 1. The molecule has 2 rings (SSSR count). The third-order valence-electron chi connectivity index (χ3n) is 2.83. The number of nitrogens with zero attached hydrogens (tertiary/aromatic N) is 3. The number of imidazole rings is 1. The molecule has 0 aliphatic rings. The molecule has 0 aliphatic carbocycles. The number of anilines is 1. The van der Waals surface area contributed by atoms with Crippen molar-refractivity contribution < 1.29 is 13.2 Å². The number of thiazole rings is 1. The molecular formula is C11H18N4O3S2. The van der Waals surface area contributed by atoms with Crippen LogP contribution in [0, 0.1) is 0 Å². The van der Waals surface area contributed by atoms with Crippen molar-refractivity contribution in [3.05, 3.63) is 11.6 Å². The molecule has 0 atom stereocenters. The van der Waals surface area contributed by atoms with Crippen LogP contribution in [0.5, 0.6) is 0 Å². The Balaban J connectivity index is 2.48. The van der Waals surface area contributed by atoms with Crippen LogP contribution in [0.25, 0.3) is 4.96 Å². The summed E-state index contributed by atoms with van der Waals surface area (Å²) < 4.78 is 33.2. The second-order valence-corrected chi connectivity index (χ2v) is 7.00. The van der Waals surface area contributed by atoms with Crippen molar-refractivity contribution in [3.8, 4) is 0 Å². The van der Waals surface area contributed by atoms with Gasteiger partial charge >= 0.3 is 0 Å². The number of sulfonamides is 1. The summed E-state index contributed by atoms with van der Waals surface area (Å²) in [4.78, 5) is 4.98. The maximum absolute atomic E-state index is 12.7. The van der Waals surface area contributed by atoms with E-state index in [0.29, 0.717) is 30.5 Å². The summed E-state index contributed by atoms with van der Waals surface area (Å²) >= 11 is 1.40. The quantitative estimate of drug-likeness (QED) is 0.827. The van der Waals surface area contributed by atoms with Crippen LogP contribution in [0.4, 0.5) is 5.82 Å². The lowest BCUT2D eigenvalue weighted by Gasteiger charge is -2.17. The first-order chi connectivity index (χ1) is 9.52. The third-order valence-corrected chi connectivity index (χ3v) is 5.47. The van der Waals surface area contributed by atoms with Gasteiger partial charge in [0, 0.05) is 38.8 Å². The van der Waals surface area contributed by atoms with E-state index < -0.39 is 10.0 Å². The molecule has 0 aromatic carbocycles. The zero-order chi connectivity index (χ0) is 14.8. The molecule has 2 aromatic rings. The predicted octanol–water partition coefficient (Wildman–Crippen LogP) is 1.09. The number of likely N-dealkylation sites (N-methyl/N-ethyl adjacent to an activating group) is 1. The van der Waals surface area contributed by atoms with Gasteiger partial charge in [-0.3, -0.25) is 4.40 Å². The van der Waals surface area contributed by atoms with E-state index in [0.717, 1.165) is 0 Å². The Hall–Kier alpha value is -1.16. The van der Waals surface area contributed by atoms with Gasteiger partial charge < -0.3 is 10.1 Å². The molecule has 112 valence electrons. The van der Waals surface area contributed by atoms with Crippen molar-refractivity contribution in [1.82, 2.24) is 13.7 Å². The first-order valence-electron chi connectivity index (χ1n) is 6.17. The van der Waals surface area contributed by atoms with E-state index in [-0.39, 0.29) is 5.03 Å². The van der Waals surface area contributed by atoms with Crippen LogP contribution in [0.2, 0.25) is 0 Å².